The number of esters is 1. The average molecular weight is 245 g/mol. The van der Waals surface area contributed by atoms with Gasteiger partial charge in [0.15, 0.2) is 11.5 Å². The maximum Gasteiger partial charge on any atom is 0.356 e. The van der Waals surface area contributed by atoms with Crippen LogP contribution in [0.3, 0.4) is 0 Å². The normalized spacial score (nSPS) is 10.3. The zero-order chi connectivity index (χ0) is 13.3. The number of pyridine rings is 1. The van der Waals surface area contributed by atoms with Crippen molar-refractivity contribution < 1.29 is 19.4 Å². The fraction of sp³-hybridized carbons (Fsp3) is 0.154. The predicted octanol–water partition coefficient (Wildman–Crippen LogP) is 1.93. The average Bonchev–Trinajstić information content (AvgIpc) is 2.36. The standard InChI is InChI=1S/C13H11NO4/c1-7(15)8-3-4-9-10(5-8)14-11(6-12(9)16)13(17)18-2/h3-6H,1-2H3,(H,14,16). The van der Waals surface area contributed by atoms with Crippen molar-refractivity contribution in [3.8, 4) is 5.75 Å². The van der Waals surface area contributed by atoms with Gasteiger partial charge in [-0.15, -0.1) is 0 Å². The molecule has 18 heavy (non-hydrogen) atoms. The van der Waals surface area contributed by atoms with Crippen molar-refractivity contribution in [2.24, 2.45) is 0 Å². The van der Waals surface area contributed by atoms with E-state index in [1.165, 1.54) is 26.2 Å². The van der Waals surface area contributed by atoms with Crippen molar-refractivity contribution in [3.63, 3.8) is 0 Å². The maximum absolute atomic E-state index is 11.4. The van der Waals surface area contributed by atoms with Gasteiger partial charge >= 0.3 is 5.97 Å². The summed E-state index contributed by atoms with van der Waals surface area (Å²) < 4.78 is 4.54. The lowest BCUT2D eigenvalue weighted by Gasteiger charge is -2.05. The number of methoxy groups -OCH3 is 1. The molecule has 5 heteroatoms. The number of hydrogen-bond acceptors (Lipinski definition) is 5. The molecule has 0 aliphatic carbocycles. The number of rotatable bonds is 2. The molecular weight excluding hydrogens is 234 g/mol. The minimum absolute atomic E-state index is 0.00296. The first-order chi connectivity index (χ1) is 8.52. The van der Waals surface area contributed by atoms with Crippen molar-refractivity contribution in [3.05, 3.63) is 35.5 Å². The molecule has 0 spiro atoms. The Kier molecular flexibility index (Phi) is 2.97. The van der Waals surface area contributed by atoms with Crippen LogP contribution in [0.1, 0.15) is 27.8 Å². The van der Waals surface area contributed by atoms with Gasteiger partial charge in [0.05, 0.1) is 12.6 Å². The minimum Gasteiger partial charge on any atom is -0.507 e. The highest BCUT2D eigenvalue weighted by atomic mass is 16.5. The van der Waals surface area contributed by atoms with E-state index < -0.39 is 5.97 Å². The van der Waals surface area contributed by atoms with E-state index in [2.05, 4.69) is 9.72 Å². The molecule has 0 radical (unpaired) electrons. The molecule has 0 amide bonds. The SMILES string of the molecule is COC(=O)c1cc(O)c2ccc(C(C)=O)cc2n1. The highest BCUT2D eigenvalue weighted by molar-refractivity contribution is 6.00. The highest BCUT2D eigenvalue weighted by Gasteiger charge is 2.12. The quantitative estimate of drug-likeness (QED) is 0.646. The van der Waals surface area contributed by atoms with E-state index in [0.29, 0.717) is 16.5 Å². The Morgan fingerprint density at radius 1 is 1.28 bits per heavy atom. The third-order valence-electron chi connectivity index (χ3n) is 2.59. The van der Waals surface area contributed by atoms with Gasteiger partial charge in [0.2, 0.25) is 0 Å². The molecule has 92 valence electrons. The van der Waals surface area contributed by atoms with Crippen LogP contribution in [0.2, 0.25) is 0 Å². The van der Waals surface area contributed by atoms with Crippen LogP contribution < -0.4 is 0 Å². The third-order valence-corrected chi connectivity index (χ3v) is 2.59. The minimum atomic E-state index is -0.638. The highest BCUT2D eigenvalue weighted by Crippen LogP contribution is 2.25. The van der Waals surface area contributed by atoms with E-state index in [1.807, 2.05) is 0 Å². The molecule has 0 atom stereocenters. The summed E-state index contributed by atoms with van der Waals surface area (Å²) in [5.41, 5.74) is 0.850. The molecule has 0 aliphatic rings. The van der Waals surface area contributed by atoms with Crippen LogP contribution in [0.4, 0.5) is 0 Å². The van der Waals surface area contributed by atoms with Gasteiger partial charge in [-0.25, -0.2) is 9.78 Å². The van der Waals surface area contributed by atoms with E-state index >= 15 is 0 Å². The van der Waals surface area contributed by atoms with E-state index in [4.69, 9.17) is 0 Å². The fourth-order valence-corrected chi connectivity index (χ4v) is 1.64. The lowest BCUT2D eigenvalue weighted by molar-refractivity contribution is 0.0594. The summed E-state index contributed by atoms with van der Waals surface area (Å²) in [6, 6.07) is 5.96. The van der Waals surface area contributed by atoms with E-state index in [0.717, 1.165) is 0 Å². The van der Waals surface area contributed by atoms with Gasteiger partial charge in [-0.05, 0) is 19.1 Å². The van der Waals surface area contributed by atoms with Crippen molar-refractivity contribution in [1.29, 1.82) is 0 Å². The monoisotopic (exact) mass is 245 g/mol. The van der Waals surface area contributed by atoms with Crippen LogP contribution in [0.15, 0.2) is 24.3 Å². The van der Waals surface area contributed by atoms with Crippen LogP contribution >= 0.6 is 0 Å². The Morgan fingerprint density at radius 2 is 2.00 bits per heavy atom. The third kappa shape index (κ3) is 2.02. The summed E-state index contributed by atoms with van der Waals surface area (Å²) in [6.45, 7) is 1.44. The Labute approximate surface area is 103 Å². The second-order valence-corrected chi connectivity index (χ2v) is 3.81. The molecule has 0 bridgehead atoms. The topological polar surface area (TPSA) is 76.5 Å². The molecule has 1 aromatic carbocycles. The van der Waals surface area contributed by atoms with Gasteiger partial charge < -0.3 is 9.84 Å². The molecule has 1 N–H and O–H groups in total. The number of aromatic hydroxyl groups is 1. The van der Waals surface area contributed by atoms with Crippen molar-refractivity contribution in [2.45, 2.75) is 6.92 Å². The molecule has 5 nitrogen and oxygen atoms in total. The van der Waals surface area contributed by atoms with E-state index in [9.17, 15) is 14.7 Å². The number of nitrogens with zero attached hydrogens (tertiary/aromatic N) is 1. The van der Waals surface area contributed by atoms with Gasteiger partial charge in [0.25, 0.3) is 0 Å². The van der Waals surface area contributed by atoms with Gasteiger partial charge in [-0.1, -0.05) is 6.07 Å². The van der Waals surface area contributed by atoms with Crippen molar-refractivity contribution in [1.82, 2.24) is 4.98 Å². The zero-order valence-corrected chi connectivity index (χ0v) is 9.93. The van der Waals surface area contributed by atoms with Crippen LogP contribution in [0.5, 0.6) is 5.75 Å². The number of ketones is 1. The Bertz CT molecular complexity index is 649. The first-order valence-electron chi connectivity index (χ1n) is 5.26. The Morgan fingerprint density at radius 3 is 2.61 bits per heavy atom. The largest absolute Gasteiger partial charge is 0.507 e. The molecule has 0 unspecified atom stereocenters. The Hall–Kier alpha value is -2.43. The smallest absolute Gasteiger partial charge is 0.356 e. The number of Topliss-reactive ketones (excluding diaryl/α,β-unsaturated/α-hetero) is 1. The number of benzene rings is 1. The number of carbonyl (C=O) groups excluding carboxylic acids is 2. The molecule has 0 saturated heterocycles. The van der Waals surface area contributed by atoms with Crippen LogP contribution in [-0.4, -0.2) is 29.0 Å². The molecule has 2 aromatic rings. The van der Waals surface area contributed by atoms with Gasteiger partial charge in [0, 0.05) is 17.0 Å². The van der Waals surface area contributed by atoms with Gasteiger partial charge in [-0.2, -0.15) is 0 Å². The summed E-state index contributed by atoms with van der Waals surface area (Å²) in [7, 11) is 1.23. The second-order valence-electron chi connectivity index (χ2n) is 3.81. The number of aromatic nitrogens is 1. The molecular formula is C13H11NO4. The molecule has 0 fully saturated rings. The van der Waals surface area contributed by atoms with Crippen LogP contribution in [0, 0.1) is 0 Å². The summed E-state index contributed by atoms with van der Waals surface area (Å²) in [4.78, 5) is 26.7. The first-order valence-corrected chi connectivity index (χ1v) is 5.26. The zero-order valence-electron chi connectivity index (χ0n) is 9.93. The molecule has 0 aliphatic heterocycles. The molecule has 1 heterocycles. The fourth-order valence-electron chi connectivity index (χ4n) is 1.64. The Balaban J connectivity index is 2.68. The first kappa shape index (κ1) is 12.0. The molecule has 2 rings (SSSR count). The van der Waals surface area contributed by atoms with E-state index in [-0.39, 0.29) is 17.2 Å². The summed E-state index contributed by atoms with van der Waals surface area (Å²) in [6.07, 6.45) is 0. The second kappa shape index (κ2) is 4.44. The number of fused-ring (bicyclic) bond motifs is 1. The lowest BCUT2D eigenvalue weighted by Crippen LogP contribution is -2.04. The number of ether oxygens (including phenoxy) is 1. The van der Waals surface area contributed by atoms with Crippen molar-refractivity contribution >= 4 is 22.7 Å². The van der Waals surface area contributed by atoms with Crippen molar-refractivity contribution in [2.75, 3.05) is 7.11 Å². The number of carbonyl (C=O) groups is 2. The number of hydrogen-bond donors (Lipinski definition) is 1. The predicted molar refractivity (Wildman–Crippen MR) is 64.8 cm³/mol. The maximum atomic E-state index is 11.4. The van der Waals surface area contributed by atoms with Crippen LogP contribution in [0.25, 0.3) is 10.9 Å². The lowest BCUT2D eigenvalue weighted by atomic mass is 10.1. The summed E-state index contributed by atoms with van der Waals surface area (Å²) >= 11 is 0. The van der Waals surface area contributed by atoms with E-state index in [1.54, 1.807) is 12.1 Å². The van der Waals surface area contributed by atoms with Gasteiger partial charge in [0.1, 0.15) is 5.75 Å². The van der Waals surface area contributed by atoms with Crippen LogP contribution in [-0.2, 0) is 4.74 Å². The summed E-state index contributed by atoms with van der Waals surface area (Å²) in [5, 5.41) is 10.3. The molecule has 0 saturated carbocycles. The molecule has 1 aromatic heterocycles. The van der Waals surface area contributed by atoms with Gasteiger partial charge in [-0.3, -0.25) is 4.79 Å². The summed E-state index contributed by atoms with van der Waals surface area (Å²) in [5.74, 6) is -0.822.